The zero-order valence-corrected chi connectivity index (χ0v) is 14.8. The number of hydroxylamine groups is 3. The fourth-order valence-electron chi connectivity index (χ4n) is 2.77. The van der Waals surface area contributed by atoms with Gasteiger partial charge in [0.15, 0.2) is 0 Å². The van der Waals surface area contributed by atoms with E-state index in [1.54, 1.807) is 7.05 Å². The van der Waals surface area contributed by atoms with Crippen molar-refractivity contribution in [1.29, 1.82) is 0 Å². The number of piperidine rings is 1. The Morgan fingerprint density at radius 1 is 1.50 bits per heavy atom. The third-order valence-electron chi connectivity index (χ3n) is 4.25. The van der Waals surface area contributed by atoms with E-state index in [-0.39, 0.29) is 17.7 Å². The lowest BCUT2D eigenvalue weighted by Crippen LogP contribution is -2.56. The molecular weight excluding hydrogens is 382 g/mol. The Bertz CT molecular complexity index is 658. The van der Waals surface area contributed by atoms with Gasteiger partial charge in [0.05, 0.1) is 13.2 Å². The molecule has 2 aliphatic heterocycles. The zero-order chi connectivity index (χ0) is 19.7. The largest absolute Gasteiger partial charge is 0.418 e. The molecule has 0 spiro atoms. The number of nitrogens with zero attached hydrogens (tertiary/aromatic N) is 2. The highest BCUT2D eigenvalue weighted by atomic mass is 32.3. The highest BCUT2D eigenvalue weighted by molar-refractivity contribution is 7.80. The van der Waals surface area contributed by atoms with Crippen LogP contribution in [0.1, 0.15) is 19.8 Å². The number of carbonyl (C=O) groups excluding carboxylic acids is 2. The van der Waals surface area contributed by atoms with Crippen LogP contribution in [-0.2, 0) is 24.3 Å². The Balaban J connectivity index is 2.08. The van der Waals surface area contributed by atoms with Crippen molar-refractivity contribution >= 4 is 22.3 Å². The number of hydrogen-bond donors (Lipinski definition) is 3. The maximum Gasteiger partial charge on any atom is 0.418 e. The van der Waals surface area contributed by atoms with Gasteiger partial charge >= 0.3 is 16.4 Å². The van der Waals surface area contributed by atoms with Crippen LogP contribution in [-0.4, -0.2) is 79.1 Å². The van der Waals surface area contributed by atoms with E-state index in [0.29, 0.717) is 6.42 Å². The third kappa shape index (κ3) is 4.37. The minimum Gasteiger partial charge on any atom is -0.315 e. The molecule has 2 aliphatic rings. The van der Waals surface area contributed by atoms with Crippen molar-refractivity contribution in [3.63, 3.8) is 0 Å². The normalized spacial score (nSPS) is 26.1. The maximum atomic E-state index is 14.3. The molecule has 0 aliphatic carbocycles. The van der Waals surface area contributed by atoms with Gasteiger partial charge in [-0.3, -0.25) is 14.2 Å². The molecule has 0 radical (unpaired) electrons. The highest BCUT2D eigenvalue weighted by Gasteiger charge is 2.62. The molecule has 2 heterocycles. The van der Waals surface area contributed by atoms with Crippen LogP contribution in [0.5, 0.6) is 0 Å². The predicted octanol–water partition coefficient (Wildman–Crippen LogP) is -0.720. The Hall–Kier alpha value is -1.61. The number of nitrogens with one attached hydrogen (secondary N) is 2. The molecule has 150 valence electrons. The Morgan fingerprint density at radius 3 is 2.69 bits per heavy atom. The molecule has 3 N–H and O–H groups in total. The SMILES string of the molecule is CCC(CONC(=O)[C@@H]1CC(F)(F)C2CN1C(=O)N2OS(=O)(=O)O)NC. The number of likely N-dealkylation sites (N-methyl/N-ethyl adjacent to an activating group) is 1. The van der Waals surface area contributed by atoms with Crippen LogP contribution in [0, 0.1) is 0 Å². The van der Waals surface area contributed by atoms with Crippen molar-refractivity contribution in [2.45, 2.75) is 43.8 Å². The number of hydrogen-bond acceptors (Lipinski definition) is 7. The quantitative estimate of drug-likeness (QED) is 0.357. The van der Waals surface area contributed by atoms with Gasteiger partial charge < -0.3 is 10.2 Å². The lowest BCUT2D eigenvalue weighted by Gasteiger charge is -2.34. The van der Waals surface area contributed by atoms with Crippen LogP contribution >= 0.6 is 0 Å². The first-order valence-corrected chi connectivity index (χ1v) is 9.10. The van der Waals surface area contributed by atoms with Crippen molar-refractivity contribution in [2.75, 3.05) is 20.2 Å². The second-order valence-electron chi connectivity index (χ2n) is 5.93. The number of rotatable bonds is 8. The van der Waals surface area contributed by atoms with Crippen LogP contribution in [0.25, 0.3) is 0 Å². The monoisotopic (exact) mass is 402 g/mol. The Morgan fingerprint density at radius 2 is 2.15 bits per heavy atom. The molecule has 26 heavy (non-hydrogen) atoms. The Kier molecular flexibility index (Phi) is 6.02. The van der Waals surface area contributed by atoms with Crippen molar-refractivity contribution in [3.8, 4) is 0 Å². The molecule has 3 amide bonds. The molecule has 14 heteroatoms. The minimum absolute atomic E-state index is 0.0699. The molecule has 2 unspecified atom stereocenters. The maximum absolute atomic E-state index is 14.3. The summed E-state index contributed by atoms with van der Waals surface area (Å²) < 4.78 is 62.7. The molecule has 2 bridgehead atoms. The van der Waals surface area contributed by atoms with Crippen molar-refractivity contribution < 1.29 is 40.5 Å². The van der Waals surface area contributed by atoms with E-state index in [1.807, 2.05) is 12.4 Å². The first-order valence-electron chi connectivity index (χ1n) is 7.73. The van der Waals surface area contributed by atoms with E-state index in [1.165, 1.54) is 0 Å². The second kappa shape index (κ2) is 7.56. The van der Waals surface area contributed by atoms with E-state index in [9.17, 15) is 26.8 Å². The van der Waals surface area contributed by atoms with Gasteiger partial charge in [0.2, 0.25) is 0 Å². The minimum atomic E-state index is -5.18. The van der Waals surface area contributed by atoms with Crippen LogP contribution in [0.3, 0.4) is 0 Å². The lowest BCUT2D eigenvalue weighted by atomic mass is 9.96. The van der Waals surface area contributed by atoms with Crippen LogP contribution in [0.15, 0.2) is 0 Å². The molecule has 2 fully saturated rings. The van der Waals surface area contributed by atoms with Crippen molar-refractivity contribution in [3.05, 3.63) is 0 Å². The molecular formula is C12H20F2N4O7S. The average Bonchev–Trinajstić information content (AvgIpc) is 2.82. The van der Waals surface area contributed by atoms with Gasteiger partial charge in [-0.15, -0.1) is 4.28 Å². The number of halogens is 2. The number of carbonyl (C=O) groups is 2. The van der Waals surface area contributed by atoms with Gasteiger partial charge in [-0.1, -0.05) is 6.92 Å². The summed E-state index contributed by atoms with van der Waals surface area (Å²) in [7, 11) is -3.50. The summed E-state index contributed by atoms with van der Waals surface area (Å²) in [6.07, 6.45) is -0.352. The van der Waals surface area contributed by atoms with Gasteiger partial charge in [0.1, 0.15) is 12.1 Å². The molecule has 0 aromatic heterocycles. The summed E-state index contributed by atoms with van der Waals surface area (Å²) in [6.45, 7) is 1.31. The van der Waals surface area contributed by atoms with Gasteiger partial charge in [0.25, 0.3) is 11.8 Å². The first-order chi connectivity index (χ1) is 12.0. The van der Waals surface area contributed by atoms with Crippen LogP contribution in [0.4, 0.5) is 13.6 Å². The molecule has 0 saturated carbocycles. The van der Waals surface area contributed by atoms with E-state index < -0.39 is 53.3 Å². The summed E-state index contributed by atoms with van der Waals surface area (Å²) in [5.41, 5.74) is 2.02. The summed E-state index contributed by atoms with van der Waals surface area (Å²) in [4.78, 5) is 30.0. The van der Waals surface area contributed by atoms with Crippen molar-refractivity contribution in [1.82, 2.24) is 20.8 Å². The van der Waals surface area contributed by atoms with Gasteiger partial charge in [-0.05, 0) is 13.5 Å². The number of alkyl halides is 2. The van der Waals surface area contributed by atoms with E-state index in [4.69, 9.17) is 9.39 Å². The number of fused-ring (bicyclic) bond motifs is 2. The fraction of sp³-hybridized carbons (Fsp3) is 0.833. The van der Waals surface area contributed by atoms with E-state index >= 15 is 0 Å². The predicted molar refractivity (Wildman–Crippen MR) is 80.9 cm³/mol. The second-order valence-corrected chi connectivity index (χ2v) is 6.94. The van der Waals surface area contributed by atoms with Gasteiger partial charge in [-0.25, -0.2) is 19.1 Å². The smallest absolute Gasteiger partial charge is 0.315 e. The number of amides is 3. The summed E-state index contributed by atoms with van der Waals surface area (Å²) in [6, 6.07) is -4.87. The molecule has 2 rings (SSSR count). The average molecular weight is 402 g/mol. The lowest BCUT2D eigenvalue weighted by molar-refractivity contribution is -0.159. The third-order valence-corrected chi connectivity index (χ3v) is 4.60. The topological polar surface area (TPSA) is 138 Å². The highest BCUT2D eigenvalue weighted by Crippen LogP contribution is 2.40. The molecule has 2 saturated heterocycles. The standard InChI is InChI=1S/C12H20F2N4O7S/c1-3-7(15-2)6-24-16-10(19)8-4-12(13,14)9-5-17(8)11(20)18(9)25-26(21,22)23/h7-9,15H,3-6H2,1-2H3,(H,16,19)(H,21,22,23)/t7?,8-,9?/m0/s1. The van der Waals surface area contributed by atoms with Gasteiger partial charge in [0, 0.05) is 12.5 Å². The molecule has 0 aromatic carbocycles. The first kappa shape index (κ1) is 20.7. The van der Waals surface area contributed by atoms with Crippen LogP contribution < -0.4 is 10.8 Å². The molecule has 11 nitrogen and oxygen atoms in total. The Labute approximate surface area is 148 Å². The van der Waals surface area contributed by atoms with Crippen molar-refractivity contribution in [2.24, 2.45) is 0 Å². The molecule has 3 atom stereocenters. The number of urea groups is 1. The zero-order valence-electron chi connectivity index (χ0n) is 14.0. The van der Waals surface area contributed by atoms with E-state index in [2.05, 4.69) is 9.60 Å². The van der Waals surface area contributed by atoms with Gasteiger partial charge in [-0.2, -0.15) is 13.5 Å². The summed E-state index contributed by atoms with van der Waals surface area (Å²) >= 11 is 0. The van der Waals surface area contributed by atoms with E-state index in [0.717, 1.165) is 4.90 Å². The van der Waals surface area contributed by atoms with Crippen LogP contribution in [0.2, 0.25) is 0 Å². The molecule has 0 aromatic rings. The summed E-state index contributed by atoms with van der Waals surface area (Å²) in [5.74, 6) is -4.59. The fourth-order valence-corrected chi connectivity index (χ4v) is 3.15. The summed E-state index contributed by atoms with van der Waals surface area (Å²) in [5, 5.41) is 2.79.